The Bertz CT molecular complexity index is 461. The third-order valence-corrected chi connectivity index (χ3v) is 4.12. The maximum atomic E-state index is 5.60. The van der Waals surface area contributed by atoms with Gasteiger partial charge in [0, 0.05) is 37.6 Å². The molecular weight excluding hydrogens is 252 g/mol. The highest BCUT2D eigenvalue weighted by molar-refractivity contribution is 5.48. The smallest absolute Gasteiger partial charge is 0.136 e. The predicted octanol–water partition coefficient (Wildman–Crippen LogP) is 2.62. The third-order valence-electron chi connectivity index (χ3n) is 4.12. The Morgan fingerprint density at radius 3 is 2.55 bits per heavy atom. The van der Waals surface area contributed by atoms with Crippen molar-refractivity contribution in [1.29, 1.82) is 0 Å². The Hall–Kier alpha value is -1.36. The van der Waals surface area contributed by atoms with E-state index in [-0.39, 0.29) is 0 Å². The van der Waals surface area contributed by atoms with E-state index in [9.17, 15) is 0 Å². The molecule has 1 aromatic rings. The number of hydrogen-bond acceptors (Lipinski definition) is 5. The van der Waals surface area contributed by atoms with E-state index in [0.29, 0.717) is 17.9 Å². The molecule has 110 valence electrons. The van der Waals surface area contributed by atoms with Crippen LogP contribution in [0.4, 0.5) is 11.6 Å². The van der Waals surface area contributed by atoms with Crippen LogP contribution in [0.15, 0.2) is 6.07 Å². The summed E-state index contributed by atoms with van der Waals surface area (Å²) in [6.45, 7) is 6.93. The van der Waals surface area contributed by atoms with Gasteiger partial charge in [-0.25, -0.2) is 9.97 Å². The molecule has 2 unspecified atom stereocenters. The molecule has 2 atom stereocenters. The lowest BCUT2D eigenvalue weighted by molar-refractivity contribution is 0.108. The Kier molecular flexibility index (Phi) is 4.05. The topological polar surface area (TPSA) is 59.1 Å². The molecule has 2 N–H and O–H groups in total. The molecule has 1 aliphatic heterocycles. The van der Waals surface area contributed by atoms with E-state index in [1.807, 2.05) is 6.07 Å². The second-order valence-electron chi connectivity index (χ2n) is 5.81. The van der Waals surface area contributed by atoms with E-state index >= 15 is 0 Å². The Balaban J connectivity index is 1.67. The number of nitrogens with zero attached hydrogens (tertiary/aromatic N) is 2. The minimum atomic E-state index is 0.348. The first-order valence-corrected chi connectivity index (χ1v) is 7.74. The lowest BCUT2D eigenvalue weighted by Gasteiger charge is -2.16. The van der Waals surface area contributed by atoms with Crippen molar-refractivity contribution in [2.45, 2.75) is 45.1 Å². The van der Waals surface area contributed by atoms with Crippen LogP contribution >= 0.6 is 0 Å². The normalized spacial score (nSPS) is 25.7. The van der Waals surface area contributed by atoms with E-state index in [4.69, 9.17) is 4.74 Å². The first-order chi connectivity index (χ1) is 9.76. The monoisotopic (exact) mass is 276 g/mol. The summed E-state index contributed by atoms with van der Waals surface area (Å²) in [4.78, 5) is 9.25. The van der Waals surface area contributed by atoms with Crippen LogP contribution in [0.3, 0.4) is 0 Å². The summed E-state index contributed by atoms with van der Waals surface area (Å²) in [5.41, 5.74) is 0. The predicted molar refractivity (Wildman–Crippen MR) is 80.2 cm³/mol. The Labute approximate surface area is 120 Å². The molecule has 0 spiro atoms. The Morgan fingerprint density at radius 1 is 1.20 bits per heavy atom. The van der Waals surface area contributed by atoms with Gasteiger partial charge in [-0.2, -0.15) is 0 Å². The molecule has 0 aromatic carbocycles. The number of hydrogen-bond donors (Lipinski definition) is 2. The van der Waals surface area contributed by atoms with Crippen LogP contribution in [0.1, 0.15) is 44.9 Å². The van der Waals surface area contributed by atoms with Gasteiger partial charge in [0.05, 0.1) is 6.10 Å². The maximum Gasteiger partial charge on any atom is 0.136 e. The SMILES string of the molecule is CCNc1cc(NCC2CCOC2C)nc(C2CC2)n1. The van der Waals surface area contributed by atoms with Gasteiger partial charge in [0.25, 0.3) is 0 Å². The molecule has 20 heavy (non-hydrogen) atoms. The van der Waals surface area contributed by atoms with Crippen molar-refractivity contribution in [1.82, 2.24) is 9.97 Å². The summed E-state index contributed by atoms with van der Waals surface area (Å²) in [5, 5.41) is 6.76. The van der Waals surface area contributed by atoms with E-state index in [0.717, 1.165) is 43.6 Å². The third kappa shape index (κ3) is 3.20. The molecule has 1 saturated heterocycles. The average molecular weight is 276 g/mol. The highest BCUT2D eigenvalue weighted by Gasteiger charge is 2.28. The molecule has 2 heterocycles. The molecule has 5 heteroatoms. The Morgan fingerprint density at radius 2 is 1.95 bits per heavy atom. The summed E-state index contributed by atoms with van der Waals surface area (Å²) < 4.78 is 5.60. The fourth-order valence-corrected chi connectivity index (χ4v) is 2.63. The lowest BCUT2D eigenvalue weighted by Crippen LogP contribution is -2.21. The van der Waals surface area contributed by atoms with Crippen molar-refractivity contribution in [3.63, 3.8) is 0 Å². The lowest BCUT2D eigenvalue weighted by atomic mass is 10.0. The van der Waals surface area contributed by atoms with E-state index < -0.39 is 0 Å². The summed E-state index contributed by atoms with van der Waals surface area (Å²) >= 11 is 0. The molecule has 3 rings (SSSR count). The number of anilines is 2. The van der Waals surface area contributed by atoms with Gasteiger partial charge in [0.2, 0.25) is 0 Å². The number of nitrogens with one attached hydrogen (secondary N) is 2. The zero-order valence-corrected chi connectivity index (χ0v) is 12.4. The van der Waals surface area contributed by atoms with Crippen molar-refractivity contribution in [3.8, 4) is 0 Å². The minimum absolute atomic E-state index is 0.348. The van der Waals surface area contributed by atoms with Crippen LogP contribution in [0, 0.1) is 5.92 Å². The van der Waals surface area contributed by atoms with Crippen LogP contribution in [-0.2, 0) is 4.74 Å². The highest BCUT2D eigenvalue weighted by atomic mass is 16.5. The maximum absolute atomic E-state index is 5.60. The van der Waals surface area contributed by atoms with E-state index in [2.05, 4.69) is 34.4 Å². The van der Waals surface area contributed by atoms with Crippen molar-refractivity contribution in [3.05, 3.63) is 11.9 Å². The molecular formula is C15H24N4O. The quantitative estimate of drug-likeness (QED) is 0.836. The minimum Gasteiger partial charge on any atom is -0.378 e. The average Bonchev–Trinajstić information content (AvgIpc) is 3.21. The summed E-state index contributed by atoms with van der Waals surface area (Å²) in [7, 11) is 0. The van der Waals surface area contributed by atoms with Gasteiger partial charge in [-0.05, 0) is 33.1 Å². The number of rotatable bonds is 6. The molecule has 2 aliphatic rings. The summed E-state index contributed by atoms with van der Waals surface area (Å²) in [5.74, 6) is 4.01. The summed E-state index contributed by atoms with van der Waals surface area (Å²) in [6, 6.07) is 2.01. The molecule has 1 aromatic heterocycles. The van der Waals surface area contributed by atoms with Gasteiger partial charge < -0.3 is 15.4 Å². The van der Waals surface area contributed by atoms with Gasteiger partial charge in [-0.15, -0.1) is 0 Å². The highest BCUT2D eigenvalue weighted by Crippen LogP contribution is 2.38. The van der Waals surface area contributed by atoms with Gasteiger partial charge in [0.1, 0.15) is 17.5 Å². The zero-order valence-electron chi connectivity index (χ0n) is 12.4. The number of aromatic nitrogens is 2. The molecule has 5 nitrogen and oxygen atoms in total. The van der Waals surface area contributed by atoms with Crippen LogP contribution in [-0.4, -0.2) is 35.8 Å². The van der Waals surface area contributed by atoms with Gasteiger partial charge in [-0.3, -0.25) is 0 Å². The second kappa shape index (κ2) is 5.95. The van der Waals surface area contributed by atoms with E-state index in [1.165, 1.54) is 12.8 Å². The first kappa shape index (κ1) is 13.6. The molecule has 1 aliphatic carbocycles. The number of ether oxygens (including phenoxy) is 1. The van der Waals surface area contributed by atoms with Crippen LogP contribution in [0.2, 0.25) is 0 Å². The molecule has 2 fully saturated rings. The van der Waals surface area contributed by atoms with Crippen LogP contribution in [0.25, 0.3) is 0 Å². The summed E-state index contributed by atoms with van der Waals surface area (Å²) in [6.07, 6.45) is 3.93. The van der Waals surface area contributed by atoms with E-state index in [1.54, 1.807) is 0 Å². The fourth-order valence-electron chi connectivity index (χ4n) is 2.63. The van der Waals surface area contributed by atoms with Crippen LogP contribution < -0.4 is 10.6 Å². The standard InChI is InChI=1S/C15H24N4O/c1-3-16-13-8-14(19-15(18-13)11-4-5-11)17-9-12-6-7-20-10(12)2/h8,10-12H,3-7,9H2,1-2H3,(H2,16,17,18,19). The molecule has 0 bridgehead atoms. The van der Waals surface area contributed by atoms with Crippen molar-refractivity contribution in [2.75, 3.05) is 30.3 Å². The first-order valence-electron chi connectivity index (χ1n) is 7.74. The van der Waals surface area contributed by atoms with Gasteiger partial charge >= 0.3 is 0 Å². The van der Waals surface area contributed by atoms with Gasteiger partial charge in [-0.1, -0.05) is 0 Å². The second-order valence-corrected chi connectivity index (χ2v) is 5.81. The van der Waals surface area contributed by atoms with Crippen molar-refractivity contribution in [2.24, 2.45) is 5.92 Å². The zero-order chi connectivity index (χ0) is 13.9. The molecule has 0 radical (unpaired) electrons. The fraction of sp³-hybridized carbons (Fsp3) is 0.733. The van der Waals surface area contributed by atoms with Crippen molar-refractivity contribution < 1.29 is 4.74 Å². The van der Waals surface area contributed by atoms with Gasteiger partial charge in [0.15, 0.2) is 0 Å². The largest absolute Gasteiger partial charge is 0.378 e. The molecule has 1 saturated carbocycles. The molecule has 0 amide bonds. The van der Waals surface area contributed by atoms with Crippen LogP contribution in [0.5, 0.6) is 0 Å². The van der Waals surface area contributed by atoms with Crippen molar-refractivity contribution >= 4 is 11.6 Å².